The van der Waals surface area contributed by atoms with Gasteiger partial charge in [-0.25, -0.2) is 4.79 Å². The fraction of sp³-hybridized carbons (Fsp3) is 0.450. The van der Waals surface area contributed by atoms with Gasteiger partial charge >= 0.3 is 5.69 Å². The summed E-state index contributed by atoms with van der Waals surface area (Å²) in [5.74, 6) is -0.330. The van der Waals surface area contributed by atoms with Gasteiger partial charge in [0.05, 0.1) is 16.6 Å². The van der Waals surface area contributed by atoms with Gasteiger partial charge in [-0.3, -0.25) is 24.0 Å². The number of benzene rings is 1. The number of carbonyl (C=O) groups is 1. The molecular formula is C20H27Cl2N5O3. The van der Waals surface area contributed by atoms with Crippen molar-refractivity contribution in [2.45, 2.75) is 39.8 Å². The van der Waals surface area contributed by atoms with Crippen LogP contribution in [0.25, 0.3) is 0 Å². The van der Waals surface area contributed by atoms with Crippen molar-refractivity contribution >= 4 is 40.6 Å². The number of anilines is 2. The van der Waals surface area contributed by atoms with Crippen molar-refractivity contribution in [3.8, 4) is 0 Å². The van der Waals surface area contributed by atoms with Crippen molar-refractivity contribution < 1.29 is 4.79 Å². The Labute approximate surface area is 185 Å². The molecule has 0 aliphatic carbocycles. The molecule has 0 fully saturated rings. The Bertz CT molecular complexity index is 1020. The number of likely N-dealkylation sites (N-methyl/N-ethyl adjacent to an activating group) is 2. The minimum Gasteiger partial charge on any atom is -0.383 e. The number of halogens is 2. The lowest BCUT2D eigenvalue weighted by atomic mass is 10.2. The number of nitrogen functional groups attached to an aromatic ring is 1. The zero-order valence-corrected chi connectivity index (χ0v) is 18.9. The molecule has 0 spiro atoms. The third-order valence-electron chi connectivity index (χ3n) is 4.71. The Morgan fingerprint density at radius 2 is 1.93 bits per heavy atom. The second-order valence-corrected chi connectivity index (χ2v) is 7.81. The van der Waals surface area contributed by atoms with Crippen LogP contribution < -0.4 is 21.9 Å². The van der Waals surface area contributed by atoms with Crippen LogP contribution in [-0.4, -0.2) is 40.5 Å². The van der Waals surface area contributed by atoms with Crippen LogP contribution in [0.15, 0.2) is 27.8 Å². The van der Waals surface area contributed by atoms with Crippen LogP contribution in [0.3, 0.4) is 0 Å². The number of rotatable bonds is 9. The first kappa shape index (κ1) is 24.0. The maximum Gasteiger partial charge on any atom is 0.330 e. The van der Waals surface area contributed by atoms with Crippen molar-refractivity contribution in [2.24, 2.45) is 0 Å². The van der Waals surface area contributed by atoms with Crippen LogP contribution in [-0.2, 0) is 17.9 Å². The highest BCUT2D eigenvalue weighted by Gasteiger charge is 2.24. The smallest absolute Gasteiger partial charge is 0.330 e. The van der Waals surface area contributed by atoms with E-state index in [9.17, 15) is 14.4 Å². The van der Waals surface area contributed by atoms with E-state index in [0.717, 1.165) is 18.4 Å². The van der Waals surface area contributed by atoms with Gasteiger partial charge in [0.2, 0.25) is 5.91 Å². The molecule has 1 amide bonds. The normalized spacial score (nSPS) is 11.1. The maximum absolute atomic E-state index is 13.0. The van der Waals surface area contributed by atoms with E-state index in [4.69, 9.17) is 28.9 Å². The van der Waals surface area contributed by atoms with Gasteiger partial charge in [-0.1, -0.05) is 48.7 Å². The molecule has 8 nitrogen and oxygen atoms in total. The van der Waals surface area contributed by atoms with Crippen LogP contribution in [0.1, 0.15) is 32.3 Å². The molecule has 1 aromatic carbocycles. The number of H-pyrrole nitrogens is 1. The topological polar surface area (TPSA) is 104 Å². The summed E-state index contributed by atoms with van der Waals surface area (Å²) < 4.78 is 1.30. The van der Waals surface area contributed by atoms with Crippen molar-refractivity contribution in [3.63, 3.8) is 0 Å². The molecule has 30 heavy (non-hydrogen) atoms. The molecule has 2 aromatic rings. The molecule has 0 aliphatic rings. The van der Waals surface area contributed by atoms with E-state index >= 15 is 0 Å². The molecule has 0 saturated carbocycles. The summed E-state index contributed by atoms with van der Waals surface area (Å²) in [6.07, 6.45) is 1.58. The first-order valence-corrected chi connectivity index (χ1v) is 10.5. The van der Waals surface area contributed by atoms with Crippen molar-refractivity contribution in [3.05, 3.63) is 54.6 Å². The molecule has 0 atom stereocenters. The standard InChI is InChI=1S/C20H27Cl2N5O3/c1-4-6-10-27-18(23)17(19(29)24-20(27)30)26(5-2)15(28)12-25(3)11-13-8-7-9-14(21)16(13)22/h7-9H,4-6,10-12,23H2,1-3H3,(H,24,29,30). The number of nitrogens with zero attached hydrogens (tertiary/aromatic N) is 3. The predicted octanol–water partition coefficient (Wildman–Crippen LogP) is 2.71. The summed E-state index contributed by atoms with van der Waals surface area (Å²) in [4.78, 5) is 42.9. The summed E-state index contributed by atoms with van der Waals surface area (Å²) in [7, 11) is 1.76. The quantitative estimate of drug-likeness (QED) is 0.604. The van der Waals surface area contributed by atoms with Crippen LogP contribution in [0.5, 0.6) is 0 Å². The number of nitrogens with one attached hydrogen (secondary N) is 1. The number of hydrogen-bond donors (Lipinski definition) is 2. The van der Waals surface area contributed by atoms with Gasteiger partial charge in [0.15, 0.2) is 5.69 Å². The maximum atomic E-state index is 13.0. The highest BCUT2D eigenvalue weighted by atomic mass is 35.5. The van der Waals surface area contributed by atoms with Crippen molar-refractivity contribution in [1.82, 2.24) is 14.5 Å². The molecule has 164 valence electrons. The number of hydrogen-bond acceptors (Lipinski definition) is 5. The van der Waals surface area contributed by atoms with Crippen LogP contribution in [0.4, 0.5) is 11.5 Å². The third-order valence-corrected chi connectivity index (χ3v) is 5.57. The van der Waals surface area contributed by atoms with Crippen LogP contribution >= 0.6 is 23.2 Å². The van der Waals surface area contributed by atoms with Gasteiger partial charge in [0.25, 0.3) is 5.56 Å². The fourth-order valence-corrected chi connectivity index (χ4v) is 3.55. The summed E-state index contributed by atoms with van der Waals surface area (Å²) in [6, 6.07) is 5.32. The number of unbranched alkanes of at least 4 members (excludes halogenated alkanes) is 1. The van der Waals surface area contributed by atoms with E-state index in [2.05, 4.69) is 4.98 Å². The molecule has 1 aromatic heterocycles. The van der Waals surface area contributed by atoms with E-state index < -0.39 is 11.2 Å². The fourth-order valence-electron chi connectivity index (χ4n) is 3.17. The van der Waals surface area contributed by atoms with Gasteiger partial charge in [-0.2, -0.15) is 0 Å². The van der Waals surface area contributed by atoms with Gasteiger partial charge in [-0.15, -0.1) is 0 Å². The average Bonchev–Trinajstić information content (AvgIpc) is 2.68. The Balaban J connectivity index is 2.27. The van der Waals surface area contributed by atoms with Crippen LogP contribution in [0, 0.1) is 0 Å². The zero-order valence-electron chi connectivity index (χ0n) is 17.4. The summed E-state index contributed by atoms with van der Waals surface area (Å²) in [5.41, 5.74) is 5.65. The largest absolute Gasteiger partial charge is 0.383 e. The van der Waals surface area contributed by atoms with E-state index in [1.807, 2.05) is 13.0 Å². The molecule has 0 unspecified atom stereocenters. The Morgan fingerprint density at radius 3 is 2.57 bits per heavy atom. The van der Waals surface area contributed by atoms with Gasteiger partial charge in [0, 0.05) is 19.6 Å². The summed E-state index contributed by atoms with van der Waals surface area (Å²) >= 11 is 12.3. The van der Waals surface area contributed by atoms with E-state index in [1.165, 1.54) is 9.47 Å². The Morgan fingerprint density at radius 1 is 1.23 bits per heavy atom. The first-order valence-electron chi connectivity index (χ1n) is 9.75. The predicted molar refractivity (Wildman–Crippen MR) is 121 cm³/mol. The number of nitrogens with two attached hydrogens (primary N) is 1. The SMILES string of the molecule is CCCCn1c(N)c(N(CC)C(=O)CN(C)Cc2cccc(Cl)c2Cl)c(=O)[nH]c1=O. The summed E-state index contributed by atoms with van der Waals surface area (Å²) in [6.45, 7) is 4.73. The minimum atomic E-state index is -0.680. The number of aromatic nitrogens is 2. The molecule has 0 aliphatic heterocycles. The number of amides is 1. The summed E-state index contributed by atoms with van der Waals surface area (Å²) in [5, 5.41) is 0.882. The second-order valence-electron chi connectivity index (χ2n) is 7.02. The number of aromatic amines is 1. The lowest BCUT2D eigenvalue weighted by Crippen LogP contribution is -2.44. The lowest BCUT2D eigenvalue weighted by Gasteiger charge is -2.26. The molecule has 1 heterocycles. The molecule has 0 saturated heterocycles. The molecule has 10 heteroatoms. The Kier molecular flexibility index (Phi) is 8.52. The molecule has 3 N–H and O–H groups in total. The number of carbonyl (C=O) groups excluding carboxylic acids is 1. The molecule has 0 bridgehead atoms. The van der Waals surface area contributed by atoms with Gasteiger partial charge in [0.1, 0.15) is 5.82 Å². The van der Waals surface area contributed by atoms with E-state index in [0.29, 0.717) is 23.1 Å². The zero-order chi connectivity index (χ0) is 22.4. The molecule has 0 radical (unpaired) electrons. The lowest BCUT2D eigenvalue weighted by molar-refractivity contribution is -0.119. The first-order chi connectivity index (χ1) is 14.2. The molecule has 2 rings (SSSR count). The monoisotopic (exact) mass is 455 g/mol. The van der Waals surface area contributed by atoms with Crippen molar-refractivity contribution in [2.75, 3.05) is 30.8 Å². The van der Waals surface area contributed by atoms with E-state index in [-0.39, 0.29) is 30.5 Å². The highest BCUT2D eigenvalue weighted by Crippen LogP contribution is 2.26. The average molecular weight is 456 g/mol. The van der Waals surface area contributed by atoms with Crippen molar-refractivity contribution in [1.29, 1.82) is 0 Å². The highest BCUT2D eigenvalue weighted by molar-refractivity contribution is 6.42. The van der Waals surface area contributed by atoms with Crippen LogP contribution in [0.2, 0.25) is 10.0 Å². The van der Waals surface area contributed by atoms with Gasteiger partial charge in [-0.05, 0) is 32.0 Å². The second kappa shape index (κ2) is 10.7. The van der Waals surface area contributed by atoms with E-state index in [1.54, 1.807) is 31.0 Å². The Hall–Kier alpha value is -2.29. The van der Waals surface area contributed by atoms with Gasteiger partial charge < -0.3 is 10.6 Å². The molecular weight excluding hydrogens is 429 g/mol. The third kappa shape index (κ3) is 5.44. The minimum absolute atomic E-state index is 0.00654.